The van der Waals surface area contributed by atoms with Gasteiger partial charge in [-0.05, 0) is 19.3 Å². The zero-order valence-corrected chi connectivity index (χ0v) is 12.7. The van der Waals surface area contributed by atoms with E-state index in [2.05, 4.69) is 10.4 Å². The molecule has 0 aliphatic heterocycles. The monoisotopic (exact) mass is 300 g/mol. The molecule has 0 aliphatic rings. The second-order valence-corrected chi connectivity index (χ2v) is 6.06. The molecule has 0 bridgehead atoms. The number of hydrogen-bond acceptors (Lipinski definition) is 6. The van der Waals surface area contributed by atoms with Crippen molar-refractivity contribution >= 4 is 5.69 Å². The maximum Gasteiger partial charge on any atom is 0.306 e. The van der Waals surface area contributed by atoms with Gasteiger partial charge in [0, 0.05) is 13.1 Å². The molecule has 0 spiro atoms. The van der Waals surface area contributed by atoms with Crippen LogP contribution in [0.4, 0.5) is 5.69 Å². The van der Waals surface area contributed by atoms with Crippen molar-refractivity contribution in [2.75, 3.05) is 13.1 Å². The number of nitrogens with zero attached hydrogens (tertiary/aromatic N) is 3. The molecule has 0 fully saturated rings. The Bertz CT molecular complexity index is 459. The van der Waals surface area contributed by atoms with Crippen molar-refractivity contribution in [2.45, 2.75) is 45.4 Å². The molecule has 1 aromatic heterocycles. The summed E-state index contributed by atoms with van der Waals surface area (Å²) >= 11 is 0. The maximum absolute atomic E-state index is 10.5. The fraction of sp³-hybridized carbons (Fsp3) is 0.769. The van der Waals surface area contributed by atoms with E-state index >= 15 is 0 Å². The van der Waals surface area contributed by atoms with Crippen LogP contribution in [-0.2, 0) is 6.54 Å². The Morgan fingerprint density at radius 1 is 1.57 bits per heavy atom. The summed E-state index contributed by atoms with van der Waals surface area (Å²) in [6.07, 6.45) is 2.35. The van der Waals surface area contributed by atoms with Gasteiger partial charge in [-0.3, -0.25) is 14.8 Å². The second kappa shape index (κ2) is 7.48. The highest BCUT2D eigenvalue weighted by atomic mass is 16.6. The third kappa shape index (κ3) is 6.65. The van der Waals surface area contributed by atoms with Crippen molar-refractivity contribution in [3.05, 3.63) is 22.5 Å². The van der Waals surface area contributed by atoms with Crippen LogP contribution in [0.3, 0.4) is 0 Å². The van der Waals surface area contributed by atoms with Gasteiger partial charge in [0.2, 0.25) is 0 Å². The molecule has 1 rings (SSSR count). The maximum atomic E-state index is 10.5. The van der Waals surface area contributed by atoms with Crippen LogP contribution >= 0.6 is 0 Å². The van der Waals surface area contributed by atoms with Crippen LogP contribution in [0.1, 0.15) is 27.2 Å². The molecule has 2 atom stereocenters. The highest BCUT2D eigenvalue weighted by Gasteiger charge is 2.21. The predicted molar refractivity (Wildman–Crippen MR) is 77.8 cm³/mol. The molecule has 1 aromatic rings. The normalized spacial score (nSPS) is 15.9. The minimum Gasteiger partial charge on any atom is -0.390 e. The third-order valence-corrected chi connectivity index (χ3v) is 2.96. The summed E-state index contributed by atoms with van der Waals surface area (Å²) in [5, 5.41) is 37.3. The van der Waals surface area contributed by atoms with Crippen LogP contribution in [0.15, 0.2) is 12.4 Å². The minimum atomic E-state index is -0.821. The Labute approximate surface area is 123 Å². The van der Waals surface area contributed by atoms with Crippen LogP contribution in [0.5, 0.6) is 0 Å². The molecule has 120 valence electrons. The molecule has 0 saturated carbocycles. The SMILES string of the molecule is CC(C)CC(C)(O)CNCC(O)Cn1cc([N+](=O)[O-])cn1. The van der Waals surface area contributed by atoms with Gasteiger partial charge >= 0.3 is 5.69 Å². The summed E-state index contributed by atoms with van der Waals surface area (Å²) in [5.41, 5.74) is -0.923. The molecule has 0 aliphatic carbocycles. The Morgan fingerprint density at radius 2 is 2.24 bits per heavy atom. The zero-order valence-electron chi connectivity index (χ0n) is 12.7. The van der Waals surface area contributed by atoms with E-state index in [-0.39, 0.29) is 18.8 Å². The molecule has 1 heterocycles. The zero-order chi connectivity index (χ0) is 16.0. The van der Waals surface area contributed by atoms with E-state index in [0.717, 1.165) is 6.20 Å². The van der Waals surface area contributed by atoms with E-state index in [1.807, 2.05) is 13.8 Å². The van der Waals surface area contributed by atoms with Crippen LogP contribution in [0.2, 0.25) is 0 Å². The number of rotatable bonds is 9. The van der Waals surface area contributed by atoms with Gasteiger partial charge in [-0.15, -0.1) is 0 Å². The van der Waals surface area contributed by atoms with Crippen LogP contribution in [0.25, 0.3) is 0 Å². The largest absolute Gasteiger partial charge is 0.390 e. The third-order valence-electron chi connectivity index (χ3n) is 2.96. The van der Waals surface area contributed by atoms with E-state index in [4.69, 9.17) is 0 Å². The first-order valence-corrected chi connectivity index (χ1v) is 6.97. The van der Waals surface area contributed by atoms with E-state index in [1.54, 1.807) is 6.92 Å². The lowest BCUT2D eigenvalue weighted by molar-refractivity contribution is -0.385. The molecule has 21 heavy (non-hydrogen) atoms. The summed E-state index contributed by atoms with van der Waals surface area (Å²) in [7, 11) is 0. The number of hydrogen-bond donors (Lipinski definition) is 3. The number of aliphatic hydroxyl groups is 2. The lowest BCUT2D eigenvalue weighted by Crippen LogP contribution is -2.42. The van der Waals surface area contributed by atoms with Gasteiger partial charge in [0.05, 0.1) is 23.2 Å². The van der Waals surface area contributed by atoms with Gasteiger partial charge in [-0.25, -0.2) is 0 Å². The standard InChI is InChI=1S/C13H24N4O4/c1-10(2)4-13(3,19)9-14-6-12(18)8-16-7-11(5-15-16)17(20)21/h5,7,10,12,14,18-19H,4,6,8-9H2,1-3H3. The fourth-order valence-electron chi connectivity index (χ4n) is 2.29. The molecule has 3 N–H and O–H groups in total. The Kier molecular flexibility index (Phi) is 6.25. The first kappa shape index (κ1) is 17.5. The molecule has 0 aromatic carbocycles. The average Bonchev–Trinajstić information content (AvgIpc) is 2.75. The highest BCUT2D eigenvalue weighted by molar-refractivity contribution is 5.20. The van der Waals surface area contributed by atoms with Gasteiger partial charge in [0.1, 0.15) is 12.4 Å². The quantitative estimate of drug-likeness (QED) is 0.453. The van der Waals surface area contributed by atoms with Gasteiger partial charge in [0.25, 0.3) is 0 Å². The first-order chi connectivity index (χ1) is 9.69. The Morgan fingerprint density at radius 3 is 2.76 bits per heavy atom. The molecular formula is C13H24N4O4. The fourth-order valence-corrected chi connectivity index (χ4v) is 2.29. The summed E-state index contributed by atoms with van der Waals surface area (Å²) in [6, 6.07) is 0. The number of nitrogens with one attached hydrogen (secondary N) is 1. The van der Waals surface area contributed by atoms with E-state index < -0.39 is 16.6 Å². The van der Waals surface area contributed by atoms with Crippen molar-refractivity contribution in [3.63, 3.8) is 0 Å². The lowest BCUT2D eigenvalue weighted by atomic mass is 9.94. The average molecular weight is 300 g/mol. The number of nitro groups is 1. The van der Waals surface area contributed by atoms with Crippen molar-refractivity contribution < 1.29 is 15.1 Å². The molecule has 8 heteroatoms. The van der Waals surface area contributed by atoms with Crippen molar-refractivity contribution in [1.82, 2.24) is 15.1 Å². The van der Waals surface area contributed by atoms with Crippen LogP contribution in [-0.4, -0.2) is 49.7 Å². The van der Waals surface area contributed by atoms with Crippen molar-refractivity contribution in [1.29, 1.82) is 0 Å². The van der Waals surface area contributed by atoms with E-state index in [1.165, 1.54) is 10.9 Å². The molecule has 2 unspecified atom stereocenters. The summed E-state index contributed by atoms with van der Waals surface area (Å²) in [5.74, 6) is 0.386. The summed E-state index contributed by atoms with van der Waals surface area (Å²) in [4.78, 5) is 9.99. The molecular weight excluding hydrogens is 276 g/mol. The Balaban J connectivity index is 2.33. The Hall–Kier alpha value is -1.51. The highest BCUT2D eigenvalue weighted by Crippen LogP contribution is 2.15. The van der Waals surface area contributed by atoms with Crippen molar-refractivity contribution in [3.8, 4) is 0 Å². The topological polar surface area (TPSA) is 113 Å². The number of aliphatic hydroxyl groups excluding tert-OH is 1. The van der Waals surface area contributed by atoms with Gasteiger partial charge in [-0.1, -0.05) is 13.8 Å². The molecule has 0 saturated heterocycles. The smallest absolute Gasteiger partial charge is 0.306 e. The van der Waals surface area contributed by atoms with Crippen molar-refractivity contribution in [2.24, 2.45) is 5.92 Å². The second-order valence-electron chi connectivity index (χ2n) is 6.06. The molecule has 8 nitrogen and oxygen atoms in total. The lowest BCUT2D eigenvalue weighted by Gasteiger charge is -2.26. The van der Waals surface area contributed by atoms with Crippen LogP contribution < -0.4 is 5.32 Å². The van der Waals surface area contributed by atoms with E-state index in [9.17, 15) is 20.3 Å². The number of aromatic nitrogens is 2. The van der Waals surface area contributed by atoms with Crippen LogP contribution in [0, 0.1) is 16.0 Å². The van der Waals surface area contributed by atoms with Gasteiger partial charge < -0.3 is 15.5 Å². The minimum absolute atomic E-state index is 0.102. The van der Waals surface area contributed by atoms with E-state index in [0.29, 0.717) is 18.9 Å². The predicted octanol–water partition coefficient (Wildman–Crippen LogP) is 0.539. The molecule has 0 radical (unpaired) electrons. The van der Waals surface area contributed by atoms with Gasteiger partial charge in [0.15, 0.2) is 0 Å². The van der Waals surface area contributed by atoms with Gasteiger partial charge in [-0.2, -0.15) is 5.10 Å². The summed E-state index contributed by atoms with van der Waals surface area (Å²) < 4.78 is 1.33. The first-order valence-electron chi connectivity index (χ1n) is 6.97. The molecule has 0 amide bonds. The summed E-state index contributed by atoms with van der Waals surface area (Å²) in [6.45, 7) is 6.64.